The summed E-state index contributed by atoms with van der Waals surface area (Å²) in [6, 6.07) is 9.46. The maximum absolute atomic E-state index is 12.1. The third kappa shape index (κ3) is 5.34. The molecule has 0 spiro atoms. The molecule has 0 aromatic carbocycles. The Morgan fingerprint density at radius 2 is 1.50 bits per heavy atom. The molecule has 0 atom stereocenters. The molecule has 5 rings (SSSR count). The number of hydrogen-bond acceptors (Lipinski definition) is 6. The highest BCUT2D eigenvalue weighted by Gasteiger charge is 2.20. The van der Waals surface area contributed by atoms with Crippen LogP contribution in [0.2, 0.25) is 2.82 Å². The fourth-order valence-corrected chi connectivity index (χ4v) is 5.15. The van der Waals surface area contributed by atoms with Crippen LogP contribution in [0.1, 0.15) is 72.6 Å². The minimum atomic E-state index is -0.332. The number of nitrogens with zero attached hydrogens (tertiary/aromatic N) is 2. The highest BCUT2D eigenvalue weighted by molar-refractivity contribution is 5.94. The summed E-state index contributed by atoms with van der Waals surface area (Å²) < 4.78 is 27.8. The summed E-state index contributed by atoms with van der Waals surface area (Å²) >= 11 is 0. The van der Waals surface area contributed by atoms with E-state index in [0.29, 0.717) is 52.0 Å². The molecule has 8 bridgehead atoms. The van der Waals surface area contributed by atoms with Crippen molar-refractivity contribution in [3.05, 3.63) is 69.8 Å². The summed E-state index contributed by atoms with van der Waals surface area (Å²) in [4.78, 5) is 36.7. The molecule has 0 fully saturated rings. The van der Waals surface area contributed by atoms with Crippen molar-refractivity contribution >= 4 is 56.8 Å². The van der Waals surface area contributed by atoms with Crippen LogP contribution in [0.5, 0.6) is 0 Å². The molecule has 2 aliphatic heterocycles. The van der Waals surface area contributed by atoms with Crippen LogP contribution in [-0.4, -0.2) is 46.1 Å². The Bertz CT molecular complexity index is 1860. The van der Waals surface area contributed by atoms with Gasteiger partial charge >= 0.3 is 11.9 Å². The first kappa shape index (κ1) is 24.6. The number of fused-ring (bicyclic) bond motifs is 8. The second-order valence-electron chi connectivity index (χ2n) is 10.2. The van der Waals surface area contributed by atoms with E-state index in [1.807, 2.05) is 64.1 Å². The fraction of sp³-hybridized carbons (Fsp3) is 0.312. The topological polar surface area (TPSA) is 110 Å². The van der Waals surface area contributed by atoms with Gasteiger partial charge in [-0.25, -0.2) is 9.97 Å². The number of aromatic amines is 2. The number of allylic oxidation sites excluding steroid dienone is 3. The zero-order valence-corrected chi connectivity index (χ0v) is 23.7. The van der Waals surface area contributed by atoms with Gasteiger partial charge in [0.05, 0.1) is 37.0 Å². The Morgan fingerprint density at radius 3 is 2.23 bits per heavy atom. The molecule has 5 heterocycles. The van der Waals surface area contributed by atoms with Gasteiger partial charge in [0.15, 0.2) is 2.82 Å². The van der Waals surface area contributed by atoms with E-state index in [9.17, 15) is 9.59 Å². The first-order valence-corrected chi connectivity index (χ1v) is 13.3. The molecule has 2 N–H and O–H groups in total. The van der Waals surface area contributed by atoms with Gasteiger partial charge in [-0.05, 0) is 110 Å². The lowest BCUT2D eigenvalue weighted by atomic mass is 10.0. The summed E-state index contributed by atoms with van der Waals surface area (Å²) in [5.41, 5.74) is 10.7. The van der Waals surface area contributed by atoms with Crippen LogP contribution in [-0.2, 0) is 25.5 Å². The van der Waals surface area contributed by atoms with Crippen LogP contribution in [0.25, 0.3) is 44.9 Å². The number of esters is 2. The lowest BCUT2D eigenvalue weighted by Gasteiger charge is -2.04. The van der Waals surface area contributed by atoms with Crippen molar-refractivity contribution in [1.29, 1.82) is 0 Å². The monoisotopic (exact) mass is 540 g/mol. The van der Waals surface area contributed by atoms with Crippen LogP contribution < -0.4 is 0 Å². The SMILES string of the molecule is [2H]n1c2cc3nc(cc4c(C)c(CCC(=O)OC)c(cc5nc(cc1c(C)c2)C(C)=C5CCC(=O)OC)n4[2H])C=C3C. The normalized spacial score (nSPS) is 13.6. The van der Waals surface area contributed by atoms with Gasteiger partial charge in [0.1, 0.15) is 0 Å². The third-order valence-electron chi connectivity index (χ3n) is 7.54. The Morgan fingerprint density at radius 1 is 0.800 bits per heavy atom. The summed E-state index contributed by atoms with van der Waals surface area (Å²) in [5.74, 6) is -0.657. The van der Waals surface area contributed by atoms with E-state index in [2.05, 4.69) is 0 Å². The molecule has 2 aliphatic rings. The highest BCUT2D eigenvalue weighted by Crippen LogP contribution is 2.35. The molecule has 8 nitrogen and oxygen atoms in total. The number of carbonyl (C=O) groups excluding carboxylic acids is 2. The summed E-state index contributed by atoms with van der Waals surface area (Å²) in [5, 5.41) is 0. The highest BCUT2D eigenvalue weighted by atomic mass is 16.5. The van der Waals surface area contributed by atoms with Gasteiger partial charge in [0.2, 0.25) is 0 Å². The van der Waals surface area contributed by atoms with Crippen molar-refractivity contribution in [3.63, 3.8) is 0 Å². The van der Waals surface area contributed by atoms with Crippen LogP contribution in [0.3, 0.4) is 0 Å². The average molecular weight is 541 g/mol. The Labute approximate surface area is 236 Å². The van der Waals surface area contributed by atoms with Gasteiger partial charge in [-0.2, -0.15) is 0 Å². The number of aryl methyl sites for hydroxylation is 3. The van der Waals surface area contributed by atoms with Crippen molar-refractivity contribution in [2.45, 2.75) is 53.4 Å². The molecule has 3 aromatic rings. The van der Waals surface area contributed by atoms with E-state index in [-0.39, 0.29) is 24.8 Å². The van der Waals surface area contributed by atoms with Gasteiger partial charge in [-0.15, -0.1) is 0 Å². The van der Waals surface area contributed by atoms with E-state index < -0.39 is 0 Å². The maximum atomic E-state index is 12.1. The van der Waals surface area contributed by atoms with Crippen molar-refractivity contribution < 1.29 is 21.9 Å². The van der Waals surface area contributed by atoms with Crippen molar-refractivity contribution in [2.24, 2.45) is 0 Å². The van der Waals surface area contributed by atoms with Gasteiger partial charge in [-0.3, -0.25) is 9.59 Å². The molecule has 3 aromatic heterocycles. The minimum absolute atomic E-state index is 0.165. The summed E-state index contributed by atoms with van der Waals surface area (Å²) in [6.07, 6.45) is 3.09. The number of carbonyl (C=O) groups is 2. The largest absolute Gasteiger partial charge is 0.469 e. The number of H-pyrrole nitrogens is 2. The van der Waals surface area contributed by atoms with E-state index in [4.69, 9.17) is 22.3 Å². The predicted molar refractivity (Wildman–Crippen MR) is 158 cm³/mol. The Balaban J connectivity index is 1.89. The fourth-order valence-electron chi connectivity index (χ4n) is 5.15. The van der Waals surface area contributed by atoms with Crippen molar-refractivity contribution in [1.82, 2.24) is 19.9 Å². The lowest BCUT2D eigenvalue weighted by molar-refractivity contribution is -0.141. The molecule has 0 radical (unpaired) electrons. The summed E-state index contributed by atoms with van der Waals surface area (Å²) in [6.45, 7) is 7.83. The third-order valence-corrected chi connectivity index (χ3v) is 7.54. The zero-order chi connectivity index (χ0) is 30.3. The second-order valence-corrected chi connectivity index (χ2v) is 10.2. The van der Waals surface area contributed by atoms with Crippen LogP contribution in [0.4, 0.5) is 0 Å². The van der Waals surface area contributed by atoms with Gasteiger partial charge in [0.25, 0.3) is 0 Å². The molecule has 0 amide bonds. The number of nitrogens with one attached hydrogen (secondary N) is 2. The molecule has 0 saturated heterocycles. The standard InChI is InChI=1S/C32H34N4O4/c1-17-11-22-14-27-19(3)23(7-9-31(37)39-5)29(35-27)16-30-24(8-10-32(38)40-6)20(4)28(36-30)15-26-18(2)12-21(34-26)13-25(17)33-22/h11-16,34-35H,7-10H2,1-6H3/i/hD2. The Kier molecular flexibility index (Phi) is 6.73. The van der Waals surface area contributed by atoms with Crippen LogP contribution in [0, 0.1) is 13.8 Å². The Hall–Kier alpha value is -4.46. The smallest absolute Gasteiger partial charge is 0.305 e. The zero-order valence-electron chi connectivity index (χ0n) is 25.7. The van der Waals surface area contributed by atoms with Gasteiger partial charge < -0.3 is 19.4 Å². The summed E-state index contributed by atoms with van der Waals surface area (Å²) in [7, 11) is 2.73. The maximum Gasteiger partial charge on any atom is 0.305 e. The van der Waals surface area contributed by atoms with E-state index >= 15 is 0 Å². The van der Waals surface area contributed by atoms with Crippen LogP contribution in [0.15, 0.2) is 30.3 Å². The molecule has 0 unspecified atom stereocenters. The number of aromatic nitrogens is 4. The van der Waals surface area contributed by atoms with Crippen molar-refractivity contribution in [2.75, 3.05) is 14.2 Å². The van der Waals surface area contributed by atoms with Gasteiger partial charge in [0, 0.05) is 34.9 Å². The number of hydrogen-bond donors (Lipinski definition) is 2. The van der Waals surface area contributed by atoms with E-state index in [1.54, 1.807) is 0 Å². The minimum Gasteiger partial charge on any atom is -0.469 e. The molecule has 0 aliphatic carbocycles. The number of rotatable bonds is 6. The predicted octanol–water partition coefficient (Wildman–Crippen LogP) is 6.48. The first-order chi connectivity index (χ1) is 20.0. The first-order valence-electron chi connectivity index (χ1n) is 14.2. The quantitative estimate of drug-likeness (QED) is 0.346. The van der Waals surface area contributed by atoms with Crippen LogP contribution >= 0.6 is 0 Å². The molecule has 8 heteroatoms. The number of ether oxygens (including phenoxy) is 2. The lowest BCUT2D eigenvalue weighted by Crippen LogP contribution is -2.02. The molecule has 40 heavy (non-hydrogen) atoms. The molecular weight excluding hydrogens is 504 g/mol. The molecular formula is C32H34N4O4. The molecule has 206 valence electrons. The molecule has 0 saturated carbocycles. The van der Waals surface area contributed by atoms with E-state index in [1.165, 1.54) is 24.2 Å². The van der Waals surface area contributed by atoms with E-state index in [0.717, 1.165) is 39.1 Å². The number of methoxy groups -OCH3 is 2. The second kappa shape index (κ2) is 11.0. The average Bonchev–Trinajstić information content (AvgIpc) is 3.61. The van der Waals surface area contributed by atoms with Gasteiger partial charge in [-0.1, -0.05) is 0 Å². The van der Waals surface area contributed by atoms with Crippen molar-refractivity contribution in [3.8, 4) is 0 Å².